The molecule has 0 N–H and O–H groups in total. The van der Waals surface area contributed by atoms with Crippen molar-refractivity contribution < 1.29 is 17.5 Å². The molecule has 0 unspecified atom stereocenters. The van der Waals surface area contributed by atoms with E-state index in [9.17, 15) is 12.8 Å². The molecule has 3 rings (SSSR count). The van der Waals surface area contributed by atoms with Gasteiger partial charge in [-0.3, -0.25) is 0 Å². The summed E-state index contributed by atoms with van der Waals surface area (Å²) in [6, 6.07) is 10.9. The number of sulfone groups is 1. The van der Waals surface area contributed by atoms with Gasteiger partial charge in [-0.2, -0.15) is 0 Å². The number of hydrogen-bond acceptors (Lipinski definition) is 3. The van der Waals surface area contributed by atoms with E-state index < -0.39 is 20.9 Å². The molecule has 0 spiro atoms. The van der Waals surface area contributed by atoms with E-state index in [0.717, 1.165) is 0 Å². The zero-order valence-corrected chi connectivity index (χ0v) is 15.6. The second-order valence-electron chi connectivity index (χ2n) is 6.08. The quantitative estimate of drug-likeness (QED) is 0.702. The van der Waals surface area contributed by atoms with Crippen molar-refractivity contribution in [1.29, 1.82) is 0 Å². The molecule has 1 aliphatic rings. The Bertz CT molecular complexity index is 870. The van der Waals surface area contributed by atoms with Crippen LogP contribution in [0, 0.1) is 5.82 Å². The number of ether oxygens (including phenoxy) is 1. The summed E-state index contributed by atoms with van der Waals surface area (Å²) < 4.78 is 45.0. The highest BCUT2D eigenvalue weighted by atomic mass is 35.5. The SMILES string of the molecule is O=S(=O)(c1ccccc1Cl)[C@@H]1CC[C@@H](OCc2ccc(Cl)cc2F)C1. The molecule has 0 aromatic heterocycles. The molecular formula is C18H17Cl2FO3S. The molecule has 0 saturated heterocycles. The van der Waals surface area contributed by atoms with Crippen molar-refractivity contribution >= 4 is 33.0 Å². The summed E-state index contributed by atoms with van der Waals surface area (Å²) >= 11 is 11.8. The molecule has 1 saturated carbocycles. The van der Waals surface area contributed by atoms with Crippen molar-refractivity contribution in [3.8, 4) is 0 Å². The Morgan fingerprint density at radius 1 is 1.12 bits per heavy atom. The van der Waals surface area contributed by atoms with E-state index in [1.165, 1.54) is 12.1 Å². The van der Waals surface area contributed by atoms with Gasteiger partial charge >= 0.3 is 0 Å². The first-order valence-corrected chi connectivity index (χ1v) is 10.2. The maximum Gasteiger partial charge on any atom is 0.182 e. The molecule has 25 heavy (non-hydrogen) atoms. The second kappa shape index (κ2) is 7.62. The van der Waals surface area contributed by atoms with Crippen molar-refractivity contribution in [2.75, 3.05) is 0 Å². The van der Waals surface area contributed by atoms with E-state index in [1.54, 1.807) is 30.3 Å². The van der Waals surface area contributed by atoms with Crippen molar-refractivity contribution in [3.05, 3.63) is 63.9 Å². The number of hydrogen-bond donors (Lipinski definition) is 0. The summed E-state index contributed by atoms with van der Waals surface area (Å²) in [5, 5.41) is 0.0237. The minimum Gasteiger partial charge on any atom is -0.373 e. The first-order chi connectivity index (χ1) is 11.9. The van der Waals surface area contributed by atoms with Gasteiger partial charge < -0.3 is 4.74 Å². The average Bonchev–Trinajstić information content (AvgIpc) is 3.04. The minimum absolute atomic E-state index is 0.0898. The molecule has 0 amide bonds. The van der Waals surface area contributed by atoms with E-state index in [2.05, 4.69) is 0 Å². The van der Waals surface area contributed by atoms with Crippen LogP contribution in [-0.4, -0.2) is 19.8 Å². The van der Waals surface area contributed by atoms with Gasteiger partial charge in [0.2, 0.25) is 0 Å². The predicted molar refractivity (Wildman–Crippen MR) is 96.3 cm³/mol. The van der Waals surface area contributed by atoms with Crippen molar-refractivity contribution in [1.82, 2.24) is 0 Å². The molecule has 2 aromatic carbocycles. The third-order valence-electron chi connectivity index (χ3n) is 4.41. The molecule has 2 atom stereocenters. The van der Waals surface area contributed by atoms with Gasteiger partial charge in [0.25, 0.3) is 0 Å². The van der Waals surface area contributed by atoms with E-state index >= 15 is 0 Å². The van der Waals surface area contributed by atoms with Crippen LogP contribution in [0.1, 0.15) is 24.8 Å². The molecule has 2 aromatic rings. The van der Waals surface area contributed by atoms with Gasteiger partial charge in [0, 0.05) is 10.6 Å². The predicted octanol–water partition coefficient (Wildman–Crippen LogP) is 5.04. The van der Waals surface area contributed by atoms with E-state index in [1.807, 2.05) is 0 Å². The zero-order valence-electron chi connectivity index (χ0n) is 13.3. The lowest BCUT2D eigenvalue weighted by Gasteiger charge is -2.15. The Balaban J connectivity index is 1.65. The standard InChI is InChI=1S/C18H17Cl2FO3S/c19-13-6-5-12(17(21)9-13)11-24-14-7-8-15(10-14)25(22,23)18-4-2-1-3-16(18)20/h1-6,9,14-15H,7-8,10-11H2/t14-,15-/m1/s1. The minimum atomic E-state index is -3.50. The van der Waals surface area contributed by atoms with Gasteiger partial charge in [-0.05, 0) is 43.5 Å². The summed E-state index contributed by atoms with van der Waals surface area (Å²) in [4.78, 5) is 0.158. The van der Waals surface area contributed by atoms with Crippen LogP contribution < -0.4 is 0 Å². The number of halogens is 3. The molecule has 0 aliphatic heterocycles. The van der Waals surface area contributed by atoms with Crippen molar-refractivity contribution in [3.63, 3.8) is 0 Å². The lowest BCUT2D eigenvalue weighted by molar-refractivity contribution is 0.0442. The first-order valence-electron chi connectivity index (χ1n) is 7.92. The molecule has 0 radical (unpaired) electrons. The number of benzene rings is 2. The van der Waals surface area contributed by atoms with Crippen LogP contribution in [0.3, 0.4) is 0 Å². The normalized spacial score (nSPS) is 20.8. The van der Waals surface area contributed by atoms with Gasteiger partial charge in [0.1, 0.15) is 5.82 Å². The Morgan fingerprint density at radius 3 is 2.60 bits per heavy atom. The highest BCUT2D eigenvalue weighted by Crippen LogP contribution is 2.34. The molecular weight excluding hydrogens is 386 g/mol. The van der Waals surface area contributed by atoms with Gasteiger partial charge in [-0.25, -0.2) is 12.8 Å². The van der Waals surface area contributed by atoms with E-state index in [0.29, 0.717) is 29.8 Å². The monoisotopic (exact) mass is 402 g/mol. The third kappa shape index (κ3) is 4.17. The summed E-state index contributed by atoms with van der Waals surface area (Å²) in [6.07, 6.45) is 1.27. The lowest BCUT2D eigenvalue weighted by Crippen LogP contribution is -2.20. The summed E-state index contributed by atoms with van der Waals surface area (Å²) in [5.74, 6) is -0.425. The van der Waals surface area contributed by atoms with Gasteiger partial charge in [0.15, 0.2) is 9.84 Å². The molecule has 0 heterocycles. The lowest BCUT2D eigenvalue weighted by atomic mass is 10.2. The van der Waals surface area contributed by atoms with Crippen LogP contribution >= 0.6 is 23.2 Å². The van der Waals surface area contributed by atoms with Crippen LogP contribution in [0.2, 0.25) is 10.0 Å². The largest absolute Gasteiger partial charge is 0.373 e. The van der Waals surface area contributed by atoms with Crippen LogP contribution in [-0.2, 0) is 21.2 Å². The Kier molecular flexibility index (Phi) is 5.68. The van der Waals surface area contributed by atoms with E-state index in [-0.39, 0.29) is 22.6 Å². The molecule has 3 nitrogen and oxygen atoms in total. The average molecular weight is 403 g/mol. The summed E-state index contributed by atoms with van der Waals surface area (Å²) in [7, 11) is -3.50. The van der Waals surface area contributed by atoms with Crippen molar-refractivity contribution in [2.45, 2.75) is 42.1 Å². The fourth-order valence-corrected chi connectivity index (χ4v) is 5.53. The van der Waals surface area contributed by atoms with Crippen LogP contribution in [0.25, 0.3) is 0 Å². The molecule has 1 fully saturated rings. The molecule has 7 heteroatoms. The smallest absolute Gasteiger partial charge is 0.182 e. The highest BCUT2D eigenvalue weighted by Gasteiger charge is 2.36. The first kappa shape index (κ1) is 18.6. The van der Waals surface area contributed by atoms with Gasteiger partial charge in [-0.15, -0.1) is 0 Å². The van der Waals surface area contributed by atoms with Crippen LogP contribution in [0.15, 0.2) is 47.4 Å². The van der Waals surface area contributed by atoms with E-state index in [4.69, 9.17) is 27.9 Å². The maximum absolute atomic E-state index is 13.8. The summed E-state index contributed by atoms with van der Waals surface area (Å²) in [5.41, 5.74) is 0.404. The Morgan fingerprint density at radius 2 is 1.88 bits per heavy atom. The summed E-state index contributed by atoms with van der Waals surface area (Å²) in [6.45, 7) is 0.0898. The second-order valence-corrected chi connectivity index (χ2v) is 9.12. The highest BCUT2D eigenvalue weighted by molar-refractivity contribution is 7.92. The van der Waals surface area contributed by atoms with Crippen LogP contribution in [0.5, 0.6) is 0 Å². The molecule has 1 aliphatic carbocycles. The zero-order chi connectivity index (χ0) is 18.0. The van der Waals surface area contributed by atoms with Crippen LogP contribution in [0.4, 0.5) is 4.39 Å². The Labute approximate surface area is 156 Å². The maximum atomic E-state index is 13.8. The number of rotatable bonds is 5. The van der Waals surface area contributed by atoms with Gasteiger partial charge in [0.05, 0.1) is 27.9 Å². The third-order valence-corrected chi connectivity index (χ3v) is 7.36. The fraction of sp³-hybridized carbons (Fsp3) is 0.333. The molecule has 0 bridgehead atoms. The Hall–Kier alpha value is -1.14. The topological polar surface area (TPSA) is 43.4 Å². The fourth-order valence-electron chi connectivity index (χ4n) is 3.04. The molecule has 134 valence electrons. The van der Waals surface area contributed by atoms with Crippen molar-refractivity contribution in [2.24, 2.45) is 0 Å². The van der Waals surface area contributed by atoms with Gasteiger partial charge in [-0.1, -0.05) is 41.4 Å².